The van der Waals surface area contributed by atoms with Gasteiger partial charge in [0.1, 0.15) is 11.5 Å². The molecule has 1 aliphatic rings. The quantitative estimate of drug-likeness (QED) is 0.818. The molecule has 106 valence electrons. The van der Waals surface area contributed by atoms with E-state index in [1.54, 1.807) is 7.11 Å². The molecule has 1 aliphatic carbocycles. The van der Waals surface area contributed by atoms with Gasteiger partial charge in [0.05, 0.1) is 13.7 Å². The van der Waals surface area contributed by atoms with E-state index >= 15 is 0 Å². The van der Waals surface area contributed by atoms with Gasteiger partial charge in [-0.05, 0) is 37.0 Å². The Morgan fingerprint density at radius 1 is 1.32 bits per heavy atom. The fourth-order valence-corrected chi connectivity index (χ4v) is 2.14. The molecule has 0 amide bonds. The predicted octanol–water partition coefficient (Wildman–Crippen LogP) is 3.37. The van der Waals surface area contributed by atoms with Gasteiger partial charge < -0.3 is 14.8 Å². The first-order chi connectivity index (χ1) is 9.19. The molecule has 1 saturated carbocycles. The Bertz CT molecular complexity index is 400. The molecule has 2 rings (SSSR count). The fourth-order valence-electron chi connectivity index (χ4n) is 2.14. The van der Waals surface area contributed by atoms with Crippen molar-refractivity contribution in [2.45, 2.75) is 45.7 Å². The first-order valence-corrected chi connectivity index (χ1v) is 7.22. The molecule has 1 aromatic rings. The average Bonchev–Trinajstić information content (AvgIpc) is 2.35. The van der Waals surface area contributed by atoms with Crippen molar-refractivity contribution in [3.05, 3.63) is 23.8 Å². The molecule has 19 heavy (non-hydrogen) atoms. The number of rotatable bonds is 7. The SMILES string of the molecule is COc1ccc(OCC2CCC2)c(CNC(C)C)c1. The van der Waals surface area contributed by atoms with Gasteiger partial charge in [0.15, 0.2) is 0 Å². The molecule has 0 spiro atoms. The van der Waals surface area contributed by atoms with Crippen LogP contribution in [0.3, 0.4) is 0 Å². The molecule has 0 aromatic heterocycles. The average molecular weight is 263 g/mol. The van der Waals surface area contributed by atoms with E-state index in [1.807, 2.05) is 12.1 Å². The van der Waals surface area contributed by atoms with E-state index in [2.05, 4.69) is 25.2 Å². The second kappa shape index (κ2) is 6.80. The highest BCUT2D eigenvalue weighted by Crippen LogP contribution is 2.29. The monoisotopic (exact) mass is 263 g/mol. The van der Waals surface area contributed by atoms with Crippen molar-refractivity contribution in [1.82, 2.24) is 5.32 Å². The number of nitrogens with one attached hydrogen (secondary N) is 1. The summed E-state index contributed by atoms with van der Waals surface area (Å²) < 4.78 is 11.3. The Kier molecular flexibility index (Phi) is 5.08. The maximum Gasteiger partial charge on any atom is 0.124 e. The molecule has 3 heteroatoms. The van der Waals surface area contributed by atoms with E-state index in [1.165, 1.54) is 24.8 Å². The summed E-state index contributed by atoms with van der Waals surface area (Å²) in [7, 11) is 1.70. The maximum absolute atomic E-state index is 5.98. The first kappa shape index (κ1) is 14.2. The Balaban J connectivity index is 2.01. The van der Waals surface area contributed by atoms with Crippen LogP contribution in [0.5, 0.6) is 11.5 Å². The van der Waals surface area contributed by atoms with Crippen LogP contribution in [0.25, 0.3) is 0 Å². The summed E-state index contributed by atoms with van der Waals surface area (Å²) in [5, 5.41) is 3.43. The minimum absolute atomic E-state index is 0.464. The van der Waals surface area contributed by atoms with Crippen LogP contribution in [-0.4, -0.2) is 19.8 Å². The van der Waals surface area contributed by atoms with Gasteiger partial charge in [-0.15, -0.1) is 0 Å². The summed E-state index contributed by atoms with van der Waals surface area (Å²) in [5.41, 5.74) is 1.17. The van der Waals surface area contributed by atoms with Gasteiger partial charge in [-0.3, -0.25) is 0 Å². The molecule has 0 unspecified atom stereocenters. The third-order valence-electron chi connectivity index (χ3n) is 3.67. The van der Waals surface area contributed by atoms with Gasteiger partial charge in [-0.25, -0.2) is 0 Å². The van der Waals surface area contributed by atoms with Crippen LogP contribution in [-0.2, 0) is 6.54 Å². The van der Waals surface area contributed by atoms with Crippen LogP contribution in [0.15, 0.2) is 18.2 Å². The third-order valence-corrected chi connectivity index (χ3v) is 3.67. The van der Waals surface area contributed by atoms with Crippen molar-refractivity contribution >= 4 is 0 Å². The molecule has 1 fully saturated rings. The number of ether oxygens (including phenoxy) is 2. The molecule has 1 aromatic carbocycles. The highest BCUT2D eigenvalue weighted by atomic mass is 16.5. The van der Waals surface area contributed by atoms with Crippen LogP contribution in [0.1, 0.15) is 38.7 Å². The first-order valence-electron chi connectivity index (χ1n) is 7.22. The van der Waals surface area contributed by atoms with Crippen LogP contribution in [0.2, 0.25) is 0 Å². The molecule has 3 nitrogen and oxygen atoms in total. The fraction of sp³-hybridized carbons (Fsp3) is 0.625. The summed E-state index contributed by atoms with van der Waals surface area (Å²) >= 11 is 0. The van der Waals surface area contributed by atoms with Crippen LogP contribution in [0.4, 0.5) is 0 Å². The second-order valence-electron chi connectivity index (χ2n) is 5.62. The molecule has 0 bridgehead atoms. The number of benzene rings is 1. The normalized spacial score (nSPS) is 15.4. The molecule has 1 N–H and O–H groups in total. The van der Waals surface area contributed by atoms with Gasteiger partial charge in [0, 0.05) is 18.2 Å². The maximum atomic E-state index is 5.98. The molecule has 0 radical (unpaired) electrons. The van der Waals surface area contributed by atoms with Crippen LogP contribution < -0.4 is 14.8 Å². The topological polar surface area (TPSA) is 30.5 Å². The second-order valence-corrected chi connectivity index (χ2v) is 5.62. The molecular weight excluding hydrogens is 238 g/mol. The van der Waals surface area contributed by atoms with Gasteiger partial charge in [-0.1, -0.05) is 20.3 Å². The Labute approximate surface area is 116 Å². The van der Waals surface area contributed by atoms with Gasteiger partial charge in [0.2, 0.25) is 0 Å². The Morgan fingerprint density at radius 2 is 2.11 bits per heavy atom. The van der Waals surface area contributed by atoms with E-state index < -0.39 is 0 Å². The zero-order chi connectivity index (χ0) is 13.7. The van der Waals surface area contributed by atoms with Crippen molar-refractivity contribution in [2.75, 3.05) is 13.7 Å². The largest absolute Gasteiger partial charge is 0.497 e. The molecular formula is C16H25NO2. The summed E-state index contributed by atoms with van der Waals surface area (Å²) in [5.74, 6) is 2.63. The number of methoxy groups -OCH3 is 1. The van der Waals surface area contributed by atoms with E-state index in [0.29, 0.717) is 6.04 Å². The van der Waals surface area contributed by atoms with E-state index in [9.17, 15) is 0 Å². The lowest BCUT2D eigenvalue weighted by Gasteiger charge is -2.26. The van der Waals surface area contributed by atoms with Crippen molar-refractivity contribution in [3.63, 3.8) is 0 Å². The smallest absolute Gasteiger partial charge is 0.124 e. The van der Waals surface area contributed by atoms with Gasteiger partial charge in [-0.2, -0.15) is 0 Å². The van der Waals surface area contributed by atoms with E-state index in [4.69, 9.17) is 9.47 Å². The number of hydrogen-bond acceptors (Lipinski definition) is 3. The molecule has 0 saturated heterocycles. The van der Waals surface area contributed by atoms with E-state index in [0.717, 1.165) is 30.6 Å². The minimum atomic E-state index is 0.464. The highest BCUT2D eigenvalue weighted by molar-refractivity contribution is 5.40. The summed E-state index contributed by atoms with van der Waals surface area (Å²) in [4.78, 5) is 0. The lowest BCUT2D eigenvalue weighted by Crippen LogP contribution is -2.23. The van der Waals surface area contributed by atoms with Crippen LogP contribution in [0, 0.1) is 5.92 Å². The van der Waals surface area contributed by atoms with Crippen molar-refractivity contribution in [1.29, 1.82) is 0 Å². The molecule has 0 aliphatic heterocycles. The zero-order valence-electron chi connectivity index (χ0n) is 12.2. The number of hydrogen-bond donors (Lipinski definition) is 1. The van der Waals surface area contributed by atoms with Crippen molar-refractivity contribution < 1.29 is 9.47 Å². The van der Waals surface area contributed by atoms with Gasteiger partial charge in [0.25, 0.3) is 0 Å². The Hall–Kier alpha value is -1.22. The van der Waals surface area contributed by atoms with E-state index in [-0.39, 0.29) is 0 Å². The van der Waals surface area contributed by atoms with Gasteiger partial charge >= 0.3 is 0 Å². The van der Waals surface area contributed by atoms with Crippen LogP contribution >= 0.6 is 0 Å². The van der Waals surface area contributed by atoms with Crippen molar-refractivity contribution in [3.8, 4) is 11.5 Å². The highest BCUT2D eigenvalue weighted by Gasteiger charge is 2.18. The summed E-state index contributed by atoms with van der Waals surface area (Å²) in [6.45, 7) is 5.96. The predicted molar refractivity (Wildman–Crippen MR) is 77.8 cm³/mol. The standard InChI is InChI=1S/C16H25NO2/c1-12(2)17-10-14-9-15(18-3)7-8-16(14)19-11-13-5-4-6-13/h7-9,12-13,17H,4-6,10-11H2,1-3H3. The Morgan fingerprint density at radius 3 is 2.68 bits per heavy atom. The lowest BCUT2D eigenvalue weighted by molar-refractivity contribution is 0.179. The molecule has 0 heterocycles. The zero-order valence-corrected chi connectivity index (χ0v) is 12.2. The molecule has 0 atom stereocenters. The lowest BCUT2D eigenvalue weighted by atomic mass is 9.86. The third kappa shape index (κ3) is 4.13. The summed E-state index contributed by atoms with van der Waals surface area (Å²) in [6.07, 6.45) is 3.99. The summed E-state index contributed by atoms with van der Waals surface area (Å²) in [6, 6.07) is 6.51. The van der Waals surface area contributed by atoms with Crippen molar-refractivity contribution in [2.24, 2.45) is 5.92 Å². The minimum Gasteiger partial charge on any atom is -0.497 e.